The van der Waals surface area contributed by atoms with Gasteiger partial charge in [-0.3, -0.25) is 9.59 Å². The normalized spacial score (nSPS) is 10.7. The van der Waals surface area contributed by atoms with Gasteiger partial charge in [-0.25, -0.2) is 9.78 Å². The summed E-state index contributed by atoms with van der Waals surface area (Å²) in [6, 6.07) is 0. The number of nitrogens with zero attached hydrogens (tertiary/aromatic N) is 1. The van der Waals surface area contributed by atoms with Gasteiger partial charge in [-0.05, 0) is 19.4 Å². The van der Waals surface area contributed by atoms with Crippen LogP contribution < -0.4 is 5.56 Å². The van der Waals surface area contributed by atoms with Gasteiger partial charge < -0.3 is 10.1 Å². The molecule has 0 bridgehead atoms. The number of Topliss-reactive ketones (excluding diaryl/α,β-unsaturated/α-hetero) is 1. The third-order valence-electron chi connectivity index (χ3n) is 2.32. The summed E-state index contributed by atoms with van der Waals surface area (Å²) < 4.78 is 0. The summed E-state index contributed by atoms with van der Waals surface area (Å²) in [5.74, 6) is -1.89. The number of rotatable bonds is 2. The second kappa shape index (κ2) is 3.77. The van der Waals surface area contributed by atoms with Gasteiger partial charge in [-0.1, -0.05) is 0 Å². The Morgan fingerprint density at radius 3 is 2.59 bits per heavy atom. The Kier molecular flexibility index (Phi) is 2.55. The lowest BCUT2D eigenvalue weighted by Crippen LogP contribution is -2.15. The van der Waals surface area contributed by atoms with Crippen molar-refractivity contribution in [1.29, 1.82) is 0 Å². The van der Waals surface area contributed by atoms with Gasteiger partial charge in [-0.2, -0.15) is 0 Å². The van der Waals surface area contributed by atoms with Crippen molar-refractivity contribution in [2.75, 3.05) is 0 Å². The molecule has 2 aromatic heterocycles. The number of carbonyl (C=O) groups excluding carboxylic acids is 1. The first-order chi connectivity index (χ1) is 7.91. The first-order valence-corrected chi connectivity index (χ1v) is 5.51. The maximum atomic E-state index is 11.7. The average Bonchev–Trinajstić information content (AvgIpc) is 2.56. The largest absolute Gasteiger partial charge is 0.475 e. The highest BCUT2D eigenvalue weighted by molar-refractivity contribution is 7.20. The minimum absolute atomic E-state index is 0.165. The molecule has 2 aromatic rings. The summed E-state index contributed by atoms with van der Waals surface area (Å²) in [4.78, 5) is 40.4. The van der Waals surface area contributed by atoms with E-state index >= 15 is 0 Å². The number of hydrogen-bond acceptors (Lipinski definition) is 5. The molecule has 0 aliphatic carbocycles. The van der Waals surface area contributed by atoms with Crippen molar-refractivity contribution in [3.63, 3.8) is 0 Å². The predicted octanol–water partition coefficient (Wildman–Crippen LogP) is 1.19. The molecular formula is C10H8N2O4S. The van der Waals surface area contributed by atoms with Crippen LogP contribution in [0.3, 0.4) is 0 Å². The summed E-state index contributed by atoms with van der Waals surface area (Å²) in [5.41, 5.74) is 0.0110. The lowest BCUT2D eigenvalue weighted by Gasteiger charge is -1.94. The fourth-order valence-corrected chi connectivity index (χ4v) is 2.66. The number of carboxylic acid groups (broad SMARTS) is 1. The highest BCUT2D eigenvalue weighted by atomic mass is 32.1. The summed E-state index contributed by atoms with van der Waals surface area (Å²) >= 11 is 1.03. The molecule has 0 saturated carbocycles. The van der Waals surface area contributed by atoms with Gasteiger partial charge in [0.1, 0.15) is 4.83 Å². The zero-order chi connectivity index (χ0) is 12.7. The van der Waals surface area contributed by atoms with Crippen molar-refractivity contribution < 1.29 is 14.7 Å². The van der Waals surface area contributed by atoms with E-state index in [9.17, 15) is 14.4 Å². The molecule has 2 heterocycles. The molecule has 0 spiro atoms. The molecule has 0 aromatic carbocycles. The van der Waals surface area contributed by atoms with Gasteiger partial charge in [0.05, 0.1) is 10.3 Å². The summed E-state index contributed by atoms with van der Waals surface area (Å²) in [6.45, 7) is 3.04. The summed E-state index contributed by atoms with van der Waals surface area (Å²) in [6.07, 6.45) is 0. The number of fused-ring (bicyclic) bond motifs is 1. The molecule has 0 radical (unpaired) electrons. The van der Waals surface area contributed by atoms with Gasteiger partial charge in [-0.15, -0.1) is 11.3 Å². The fourth-order valence-electron chi connectivity index (χ4n) is 1.58. The van der Waals surface area contributed by atoms with Gasteiger partial charge in [0.25, 0.3) is 5.56 Å². The zero-order valence-corrected chi connectivity index (χ0v) is 9.84. The lowest BCUT2D eigenvalue weighted by molar-refractivity contribution is 0.0683. The second-order valence-corrected chi connectivity index (χ2v) is 4.51. The third kappa shape index (κ3) is 1.74. The molecule has 2 rings (SSSR count). The van der Waals surface area contributed by atoms with E-state index in [0.717, 1.165) is 11.3 Å². The molecule has 0 saturated heterocycles. The van der Waals surface area contributed by atoms with Crippen LogP contribution in [0.4, 0.5) is 0 Å². The van der Waals surface area contributed by atoms with E-state index in [4.69, 9.17) is 5.11 Å². The molecule has 0 aliphatic heterocycles. The van der Waals surface area contributed by atoms with Crippen molar-refractivity contribution in [3.05, 3.63) is 26.6 Å². The Labute approximate surface area is 98.9 Å². The molecule has 88 valence electrons. The number of carboxylic acids is 1. The third-order valence-corrected chi connectivity index (χ3v) is 3.61. The molecule has 17 heavy (non-hydrogen) atoms. The number of ketones is 1. The molecule has 0 fully saturated rings. The van der Waals surface area contributed by atoms with Gasteiger partial charge in [0, 0.05) is 0 Å². The fraction of sp³-hybridized carbons (Fsp3) is 0.200. The van der Waals surface area contributed by atoms with Crippen LogP contribution >= 0.6 is 11.3 Å². The Morgan fingerprint density at radius 2 is 2.06 bits per heavy atom. The number of aromatic nitrogens is 2. The van der Waals surface area contributed by atoms with Crippen molar-refractivity contribution in [2.24, 2.45) is 0 Å². The number of H-pyrrole nitrogens is 1. The maximum absolute atomic E-state index is 11.7. The van der Waals surface area contributed by atoms with Crippen molar-refractivity contribution >= 4 is 33.3 Å². The first-order valence-electron chi connectivity index (χ1n) is 4.69. The van der Waals surface area contributed by atoms with E-state index in [1.807, 2.05) is 0 Å². The highest BCUT2D eigenvalue weighted by Crippen LogP contribution is 2.27. The second-order valence-electron chi connectivity index (χ2n) is 3.51. The number of carbonyl (C=O) groups is 2. The summed E-state index contributed by atoms with van der Waals surface area (Å²) in [7, 11) is 0. The molecule has 0 atom stereocenters. The van der Waals surface area contributed by atoms with Crippen LogP contribution in [0.5, 0.6) is 0 Å². The number of aryl methyl sites for hydroxylation is 1. The van der Waals surface area contributed by atoms with Crippen LogP contribution in [-0.4, -0.2) is 26.8 Å². The minimum Gasteiger partial charge on any atom is -0.475 e. The summed E-state index contributed by atoms with van der Waals surface area (Å²) in [5, 5.41) is 9.04. The highest BCUT2D eigenvalue weighted by Gasteiger charge is 2.18. The Bertz CT molecular complexity index is 698. The molecule has 7 heteroatoms. The Hall–Kier alpha value is -2.02. The number of nitrogens with one attached hydrogen (secondary N) is 1. The number of aromatic amines is 1. The molecule has 6 nitrogen and oxygen atoms in total. The smallest absolute Gasteiger partial charge is 0.372 e. The van der Waals surface area contributed by atoms with E-state index < -0.39 is 17.4 Å². The zero-order valence-electron chi connectivity index (χ0n) is 9.03. The number of thiophene rings is 1. The number of aromatic carboxylic acids is 1. The SMILES string of the molecule is CC(=O)c1sc2nc(C(=O)O)[nH]c(=O)c2c1C. The molecule has 0 amide bonds. The molecule has 0 aliphatic rings. The van der Waals surface area contributed by atoms with E-state index in [-0.39, 0.29) is 16.0 Å². The minimum atomic E-state index is -1.31. The quantitative estimate of drug-likeness (QED) is 0.782. The van der Waals surface area contributed by atoms with Crippen molar-refractivity contribution in [1.82, 2.24) is 9.97 Å². The molecule has 2 N–H and O–H groups in total. The average molecular weight is 252 g/mol. The van der Waals surface area contributed by atoms with Crippen LogP contribution in [0.2, 0.25) is 0 Å². The van der Waals surface area contributed by atoms with Crippen molar-refractivity contribution in [3.8, 4) is 0 Å². The first kappa shape index (κ1) is 11.5. The van der Waals surface area contributed by atoms with Crippen LogP contribution in [0.15, 0.2) is 4.79 Å². The van der Waals surface area contributed by atoms with Gasteiger partial charge >= 0.3 is 5.97 Å². The van der Waals surface area contributed by atoms with Gasteiger partial charge in [0.15, 0.2) is 5.78 Å². The Balaban J connectivity index is 2.88. The topological polar surface area (TPSA) is 100 Å². The Morgan fingerprint density at radius 1 is 1.41 bits per heavy atom. The van der Waals surface area contributed by atoms with Crippen LogP contribution in [0.1, 0.15) is 32.8 Å². The van der Waals surface area contributed by atoms with Crippen LogP contribution in [0.25, 0.3) is 10.2 Å². The molecule has 0 unspecified atom stereocenters. The van der Waals surface area contributed by atoms with Crippen molar-refractivity contribution in [2.45, 2.75) is 13.8 Å². The van der Waals surface area contributed by atoms with E-state index in [1.165, 1.54) is 6.92 Å². The number of hydrogen-bond donors (Lipinski definition) is 2. The maximum Gasteiger partial charge on any atom is 0.372 e. The van der Waals surface area contributed by atoms with Gasteiger partial charge in [0.2, 0.25) is 5.82 Å². The van der Waals surface area contributed by atoms with Crippen LogP contribution in [-0.2, 0) is 0 Å². The predicted molar refractivity (Wildman–Crippen MR) is 61.9 cm³/mol. The lowest BCUT2D eigenvalue weighted by atomic mass is 10.2. The standard InChI is InChI=1S/C10H8N2O4S/c1-3-5-8(14)11-7(10(15)16)12-9(5)17-6(3)4(2)13/h1-2H3,(H,15,16)(H,11,12,14). The molecular weight excluding hydrogens is 244 g/mol. The monoisotopic (exact) mass is 252 g/mol. The van der Waals surface area contributed by atoms with E-state index in [2.05, 4.69) is 9.97 Å². The van der Waals surface area contributed by atoms with E-state index in [1.54, 1.807) is 6.92 Å². The van der Waals surface area contributed by atoms with E-state index in [0.29, 0.717) is 10.4 Å². The van der Waals surface area contributed by atoms with Crippen LogP contribution in [0, 0.1) is 6.92 Å².